The molecule has 83 valence electrons. The fraction of sp³-hybridized carbons (Fsp3) is 0.333. The highest BCUT2D eigenvalue weighted by atomic mass is 14.7. The minimum atomic E-state index is -0.394. The van der Waals surface area contributed by atoms with E-state index in [2.05, 4.69) is 43.3 Å². The van der Waals surface area contributed by atoms with Crippen molar-refractivity contribution in [3.63, 3.8) is 0 Å². The molecule has 0 heterocycles. The predicted octanol–water partition coefficient (Wildman–Crippen LogP) is 3.75. The van der Waals surface area contributed by atoms with Crippen molar-refractivity contribution in [2.45, 2.75) is 32.7 Å². The van der Waals surface area contributed by atoms with Crippen LogP contribution in [0.25, 0.3) is 10.8 Å². The smallest absolute Gasteiger partial charge is 0.0307 e. The maximum Gasteiger partial charge on any atom is 0.0307 e. The van der Waals surface area contributed by atoms with Crippen molar-refractivity contribution >= 4 is 10.8 Å². The molecule has 16 heavy (non-hydrogen) atoms. The Labute approximate surface area is 97.3 Å². The molecule has 0 unspecified atom stereocenters. The van der Waals surface area contributed by atoms with Crippen LogP contribution in [-0.4, -0.2) is 5.54 Å². The third kappa shape index (κ3) is 2.42. The summed E-state index contributed by atoms with van der Waals surface area (Å²) in [4.78, 5) is 0. The largest absolute Gasteiger partial charge is 0.251 e. The summed E-state index contributed by atoms with van der Waals surface area (Å²) in [5, 5.41) is 2.59. The van der Waals surface area contributed by atoms with Gasteiger partial charge in [0.25, 0.3) is 0 Å². The summed E-state index contributed by atoms with van der Waals surface area (Å²) in [5.74, 6) is 0. The predicted molar refractivity (Wildman–Crippen MR) is 69.6 cm³/mol. The van der Waals surface area contributed by atoms with E-state index in [1.165, 1.54) is 21.9 Å². The zero-order chi connectivity index (χ0) is 11.8. The second kappa shape index (κ2) is 3.91. The van der Waals surface area contributed by atoms with E-state index in [-0.39, 0.29) is 0 Å². The van der Waals surface area contributed by atoms with Crippen molar-refractivity contribution in [2.24, 2.45) is 0 Å². The van der Waals surface area contributed by atoms with Gasteiger partial charge in [0.1, 0.15) is 0 Å². The number of nitrogens with one attached hydrogen (secondary N) is 1. The molecular formula is C15H18N. The number of aryl methyl sites for hydroxylation is 1. The van der Waals surface area contributed by atoms with Gasteiger partial charge in [0.15, 0.2) is 0 Å². The third-order valence-electron chi connectivity index (χ3n) is 2.77. The monoisotopic (exact) mass is 212 g/mol. The molecule has 2 aromatic carbocycles. The van der Waals surface area contributed by atoms with E-state index in [1.54, 1.807) is 0 Å². The van der Waals surface area contributed by atoms with Crippen LogP contribution >= 0.6 is 0 Å². The van der Waals surface area contributed by atoms with Gasteiger partial charge in [-0.2, -0.15) is 0 Å². The van der Waals surface area contributed by atoms with Crippen molar-refractivity contribution in [3.8, 4) is 0 Å². The molecule has 0 atom stereocenters. The summed E-state index contributed by atoms with van der Waals surface area (Å²) in [6.07, 6.45) is 0.804. The minimum Gasteiger partial charge on any atom is -0.251 e. The van der Waals surface area contributed by atoms with Crippen LogP contribution in [0, 0.1) is 6.92 Å². The molecule has 0 bridgehead atoms. The van der Waals surface area contributed by atoms with Crippen LogP contribution in [0.2, 0.25) is 0 Å². The van der Waals surface area contributed by atoms with E-state index in [0.717, 1.165) is 6.42 Å². The molecule has 0 aliphatic rings. The van der Waals surface area contributed by atoms with Crippen LogP contribution in [0.3, 0.4) is 0 Å². The van der Waals surface area contributed by atoms with E-state index < -0.39 is 5.54 Å². The fourth-order valence-corrected chi connectivity index (χ4v) is 2.19. The van der Waals surface area contributed by atoms with Gasteiger partial charge in [-0.25, -0.2) is 0 Å². The normalized spacial score (nSPS) is 12.0. The first-order chi connectivity index (χ1) is 7.46. The fourth-order valence-electron chi connectivity index (χ4n) is 2.19. The SMILES string of the molecule is Cc1cc(CC(C)(C)[NH])cc2ccccc12. The van der Waals surface area contributed by atoms with Crippen molar-refractivity contribution in [1.29, 1.82) is 0 Å². The highest BCUT2D eigenvalue weighted by Crippen LogP contribution is 2.22. The molecule has 1 heteroatoms. The summed E-state index contributed by atoms with van der Waals surface area (Å²) in [6, 6.07) is 12.8. The Kier molecular flexibility index (Phi) is 2.73. The molecule has 0 saturated heterocycles. The number of benzene rings is 2. The number of fused-ring (bicyclic) bond motifs is 1. The van der Waals surface area contributed by atoms with E-state index >= 15 is 0 Å². The number of hydrogen-bond donors (Lipinski definition) is 0. The van der Waals surface area contributed by atoms with E-state index in [9.17, 15) is 0 Å². The summed E-state index contributed by atoms with van der Waals surface area (Å²) < 4.78 is 0. The third-order valence-corrected chi connectivity index (χ3v) is 2.77. The molecule has 2 aromatic rings. The molecule has 1 nitrogen and oxygen atoms in total. The quantitative estimate of drug-likeness (QED) is 0.724. The van der Waals surface area contributed by atoms with Gasteiger partial charge < -0.3 is 0 Å². The Morgan fingerprint density at radius 3 is 2.50 bits per heavy atom. The summed E-state index contributed by atoms with van der Waals surface area (Å²) in [7, 11) is 0. The van der Waals surface area contributed by atoms with Crippen LogP contribution in [0.1, 0.15) is 25.0 Å². The first-order valence-corrected chi connectivity index (χ1v) is 5.69. The first kappa shape index (κ1) is 11.2. The summed E-state index contributed by atoms with van der Waals surface area (Å²) >= 11 is 0. The van der Waals surface area contributed by atoms with Gasteiger partial charge >= 0.3 is 0 Å². The average Bonchev–Trinajstić information content (AvgIpc) is 2.15. The number of rotatable bonds is 2. The molecule has 0 fully saturated rings. The Bertz CT molecular complexity index is 506. The minimum absolute atomic E-state index is 0.394. The van der Waals surface area contributed by atoms with Crippen LogP contribution in [0.15, 0.2) is 36.4 Å². The molecule has 2 rings (SSSR count). The van der Waals surface area contributed by atoms with Gasteiger partial charge in [0, 0.05) is 5.54 Å². The Morgan fingerprint density at radius 2 is 1.81 bits per heavy atom. The molecule has 0 aliphatic carbocycles. The van der Waals surface area contributed by atoms with Crippen LogP contribution in [-0.2, 0) is 6.42 Å². The van der Waals surface area contributed by atoms with Crippen molar-refractivity contribution < 1.29 is 0 Å². The average molecular weight is 212 g/mol. The first-order valence-electron chi connectivity index (χ1n) is 5.69. The molecule has 1 radical (unpaired) electrons. The molecule has 0 aliphatic heterocycles. The lowest BCUT2D eigenvalue weighted by atomic mass is 9.93. The topological polar surface area (TPSA) is 23.8 Å². The maximum absolute atomic E-state index is 7.95. The highest BCUT2D eigenvalue weighted by molar-refractivity contribution is 5.86. The van der Waals surface area contributed by atoms with Crippen LogP contribution in [0.4, 0.5) is 0 Å². The van der Waals surface area contributed by atoms with Crippen LogP contribution < -0.4 is 5.73 Å². The van der Waals surface area contributed by atoms with Gasteiger partial charge in [-0.15, -0.1) is 0 Å². The maximum atomic E-state index is 7.95. The molecular weight excluding hydrogens is 194 g/mol. The zero-order valence-electron chi connectivity index (χ0n) is 10.2. The van der Waals surface area contributed by atoms with Gasteiger partial charge in [0.2, 0.25) is 0 Å². The molecule has 0 aromatic heterocycles. The van der Waals surface area contributed by atoms with Gasteiger partial charge in [-0.3, -0.25) is 5.73 Å². The second-order valence-corrected chi connectivity index (χ2v) is 5.19. The van der Waals surface area contributed by atoms with Crippen molar-refractivity contribution in [1.82, 2.24) is 5.73 Å². The second-order valence-electron chi connectivity index (χ2n) is 5.19. The highest BCUT2D eigenvalue weighted by Gasteiger charge is 2.13. The van der Waals surface area contributed by atoms with Crippen LogP contribution in [0.5, 0.6) is 0 Å². The standard InChI is InChI=1S/C15H18N/c1-11-8-12(10-15(2,3)16)9-13-6-4-5-7-14(11)13/h4-9,16H,10H2,1-3H3. The Balaban J connectivity index is 2.50. The summed E-state index contributed by atoms with van der Waals surface area (Å²) in [5.41, 5.74) is 10.1. The van der Waals surface area contributed by atoms with Gasteiger partial charge in [-0.05, 0) is 49.1 Å². The molecule has 0 spiro atoms. The molecule has 0 amide bonds. The Hall–Kier alpha value is -1.34. The Morgan fingerprint density at radius 1 is 1.12 bits per heavy atom. The van der Waals surface area contributed by atoms with E-state index in [1.807, 2.05) is 13.8 Å². The molecule has 1 N–H and O–H groups in total. The van der Waals surface area contributed by atoms with E-state index in [4.69, 9.17) is 5.73 Å². The van der Waals surface area contributed by atoms with Gasteiger partial charge in [-0.1, -0.05) is 36.4 Å². The van der Waals surface area contributed by atoms with Crippen molar-refractivity contribution in [2.75, 3.05) is 0 Å². The lowest BCUT2D eigenvalue weighted by Gasteiger charge is -2.18. The zero-order valence-corrected chi connectivity index (χ0v) is 10.2. The van der Waals surface area contributed by atoms with Gasteiger partial charge in [0.05, 0.1) is 0 Å². The lowest BCUT2D eigenvalue weighted by Crippen LogP contribution is -2.24. The number of hydrogen-bond acceptors (Lipinski definition) is 0. The van der Waals surface area contributed by atoms with Crippen molar-refractivity contribution in [3.05, 3.63) is 47.5 Å². The summed E-state index contributed by atoms with van der Waals surface area (Å²) in [6.45, 7) is 6.05. The molecule has 0 saturated carbocycles. The van der Waals surface area contributed by atoms with E-state index in [0.29, 0.717) is 0 Å². The lowest BCUT2D eigenvalue weighted by molar-refractivity contribution is 0.498.